The van der Waals surface area contributed by atoms with E-state index in [0.717, 1.165) is 0 Å². The van der Waals surface area contributed by atoms with Crippen molar-refractivity contribution in [2.24, 2.45) is 0 Å². The van der Waals surface area contributed by atoms with Crippen LogP contribution in [0.1, 0.15) is 0 Å². The van der Waals surface area contributed by atoms with E-state index in [1.807, 2.05) is 0 Å². The Labute approximate surface area is 73.3 Å². The zero-order chi connectivity index (χ0) is 9.84. The van der Waals surface area contributed by atoms with E-state index in [9.17, 15) is 9.59 Å². The van der Waals surface area contributed by atoms with Gasteiger partial charge in [0, 0.05) is 7.05 Å². The minimum Gasteiger partial charge on any atom is -0.468 e. The molecule has 7 nitrogen and oxygen atoms in total. The fraction of sp³-hybridized carbons (Fsp3) is 0.500. The molecule has 0 bridgehead atoms. The Morgan fingerprint density at radius 3 is 2.92 bits per heavy atom. The van der Waals surface area contributed by atoms with E-state index in [-0.39, 0.29) is 12.5 Å². The first-order chi connectivity index (χ1) is 6.13. The van der Waals surface area contributed by atoms with Crippen LogP contribution < -0.4 is 10.7 Å². The molecule has 0 unspecified atom stereocenters. The number of hydrogen-bond donors (Lipinski definition) is 1. The highest BCUT2D eigenvalue weighted by atomic mass is 16.5. The number of carbonyl (C=O) groups is 1. The topological polar surface area (TPSA) is 88.4 Å². The van der Waals surface area contributed by atoms with Gasteiger partial charge >= 0.3 is 11.7 Å². The van der Waals surface area contributed by atoms with Crippen molar-refractivity contribution in [3.8, 4) is 0 Å². The third-order valence-electron chi connectivity index (χ3n) is 1.38. The molecule has 0 aromatic carbocycles. The summed E-state index contributed by atoms with van der Waals surface area (Å²) in [5, 5.41) is 3.38. The summed E-state index contributed by atoms with van der Waals surface area (Å²) < 4.78 is 8.66. The van der Waals surface area contributed by atoms with Gasteiger partial charge in [0.25, 0.3) is 0 Å². The van der Waals surface area contributed by atoms with Crippen molar-refractivity contribution < 1.29 is 14.1 Å². The van der Waals surface area contributed by atoms with Crippen LogP contribution in [0.4, 0.5) is 5.95 Å². The second-order valence-electron chi connectivity index (χ2n) is 2.35. The smallest absolute Gasteiger partial charge is 0.440 e. The molecule has 0 spiro atoms. The number of esters is 1. The Morgan fingerprint density at radius 1 is 1.77 bits per heavy atom. The molecule has 13 heavy (non-hydrogen) atoms. The van der Waals surface area contributed by atoms with Crippen LogP contribution in [-0.4, -0.2) is 36.8 Å². The standard InChI is InChI=1S/C6H9N3O4/c1-9(3-4(10)12-2)5-7-6(11)13-8-5/h3H2,1-2H3,(H,7,8,11). The molecule has 0 saturated carbocycles. The Balaban J connectivity index is 2.63. The molecule has 0 amide bonds. The number of aromatic nitrogens is 2. The van der Waals surface area contributed by atoms with Crippen molar-refractivity contribution in [3.63, 3.8) is 0 Å². The Bertz CT molecular complexity index is 342. The second-order valence-corrected chi connectivity index (χ2v) is 2.35. The summed E-state index contributed by atoms with van der Waals surface area (Å²) >= 11 is 0. The summed E-state index contributed by atoms with van der Waals surface area (Å²) in [6.07, 6.45) is 0. The molecule has 1 aromatic heterocycles. The molecule has 1 heterocycles. The average Bonchev–Trinajstić information content (AvgIpc) is 2.51. The summed E-state index contributed by atoms with van der Waals surface area (Å²) in [5.74, 6) is -0.895. The molecule has 1 aromatic rings. The van der Waals surface area contributed by atoms with E-state index in [0.29, 0.717) is 0 Å². The highest BCUT2D eigenvalue weighted by molar-refractivity contribution is 5.74. The predicted molar refractivity (Wildman–Crippen MR) is 42.4 cm³/mol. The van der Waals surface area contributed by atoms with Crippen LogP contribution in [0.2, 0.25) is 0 Å². The fourth-order valence-corrected chi connectivity index (χ4v) is 0.720. The van der Waals surface area contributed by atoms with Gasteiger partial charge in [0.2, 0.25) is 5.95 Å². The summed E-state index contributed by atoms with van der Waals surface area (Å²) in [4.78, 5) is 25.0. The number of H-pyrrole nitrogens is 1. The van der Waals surface area contributed by atoms with Crippen LogP contribution in [-0.2, 0) is 9.53 Å². The molecule has 1 N–H and O–H groups in total. The highest BCUT2D eigenvalue weighted by Crippen LogP contribution is 1.99. The molecule has 0 fully saturated rings. The van der Waals surface area contributed by atoms with Gasteiger partial charge in [0.05, 0.1) is 7.11 Å². The Kier molecular flexibility index (Phi) is 2.68. The first kappa shape index (κ1) is 9.30. The maximum Gasteiger partial charge on any atom is 0.440 e. The number of aromatic amines is 1. The quantitative estimate of drug-likeness (QED) is 0.609. The molecular formula is C6H9N3O4. The fourth-order valence-electron chi connectivity index (χ4n) is 0.720. The van der Waals surface area contributed by atoms with Gasteiger partial charge in [-0.3, -0.25) is 14.3 Å². The van der Waals surface area contributed by atoms with E-state index in [1.165, 1.54) is 12.0 Å². The maximum atomic E-state index is 10.8. The van der Waals surface area contributed by atoms with E-state index < -0.39 is 11.7 Å². The number of ether oxygens (including phenoxy) is 1. The summed E-state index contributed by atoms with van der Waals surface area (Å²) in [5.41, 5.74) is 0. The zero-order valence-electron chi connectivity index (χ0n) is 7.23. The lowest BCUT2D eigenvalue weighted by Gasteiger charge is -2.11. The van der Waals surface area contributed by atoms with Crippen molar-refractivity contribution in [1.29, 1.82) is 0 Å². The molecule has 0 aliphatic heterocycles. The molecule has 0 aliphatic rings. The Hall–Kier alpha value is -1.79. The number of nitrogens with zero attached hydrogens (tertiary/aromatic N) is 2. The first-order valence-corrected chi connectivity index (χ1v) is 3.47. The van der Waals surface area contributed by atoms with Crippen molar-refractivity contribution in [3.05, 3.63) is 10.6 Å². The second kappa shape index (κ2) is 3.74. The third kappa shape index (κ3) is 2.32. The molecular weight excluding hydrogens is 178 g/mol. The van der Waals surface area contributed by atoms with E-state index in [2.05, 4.69) is 19.4 Å². The van der Waals surface area contributed by atoms with E-state index in [4.69, 9.17) is 0 Å². The SMILES string of the molecule is COC(=O)CN(C)c1noc(=O)[nH]1. The summed E-state index contributed by atoms with van der Waals surface area (Å²) in [6, 6.07) is 0. The van der Waals surface area contributed by atoms with Crippen LogP contribution in [0, 0.1) is 0 Å². The van der Waals surface area contributed by atoms with Gasteiger partial charge in [0.15, 0.2) is 0 Å². The van der Waals surface area contributed by atoms with Gasteiger partial charge in [0.1, 0.15) is 6.54 Å². The van der Waals surface area contributed by atoms with Gasteiger partial charge in [-0.1, -0.05) is 0 Å². The molecule has 7 heteroatoms. The lowest BCUT2D eigenvalue weighted by molar-refractivity contribution is -0.138. The molecule has 72 valence electrons. The predicted octanol–water partition coefficient (Wildman–Crippen LogP) is -1.03. The largest absolute Gasteiger partial charge is 0.468 e. The lowest BCUT2D eigenvalue weighted by Crippen LogP contribution is -2.27. The van der Waals surface area contributed by atoms with Crippen LogP contribution >= 0.6 is 0 Å². The Morgan fingerprint density at radius 2 is 2.46 bits per heavy atom. The van der Waals surface area contributed by atoms with E-state index in [1.54, 1.807) is 7.05 Å². The molecule has 0 saturated heterocycles. The maximum absolute atomic E-state index is 10.8. The summed E-state index contributed by atoms with van der Waals surface area (Å²) in [7, 11) is 2.85. The molecule has 0 atom stereocenters. The number of carbonyl (C=O) groups excluding carboxylic acids is 1. The van der Waals surface area contributed by atoms with Crippen molar-refractivity contribution in [1.82, 2.24) is 10.1 Å². The van der Waals surface area contributed by atoms with Crippen LogP contribution in [0.15, 0.2) is 9.32 Å². The number of anilines is 1. The van der Waals surface area contributed by atoms with Crippen LogP contribution in [0.25, 0.3) is 0 Å². The van der Waals surface area contributed by atoms with Gasteiger partial charge in [-0.15, -0.1) is 0 Å². The van der Waals surface area contributed by atoms with Gasteiger partial charge in [-0.25, -0.2) is 4.79 Å². The number of hydrogen-bond acceptors (Lipinski definition) is 6. The minimum atomic E-state index is -0.660. The zero-order valence-corrected chi connectivity index (χ0v) is 7.23. The number of methoxy groups -OCH3 is 1. The van der Waals surface area contributed by atoms with Gasteiger partial charge in [-0.2, -0.15) is 0 Å². The lowest BCUT2D eigenvalue weighted by atomic mass is 10.6. The van der Waals surface area contributed by atoms with Crippen molar-refractivity contribution in [2.45, 2.75) is 0 Å². The minimum absolute atomic E-state index is 0.00102. The monoisotopic (exact) mass is 187 g/mol. The normalized spacial score (nSPS) is 9.69. The molecule has 0 radical (unpaired) electrons. The van der Waals surface area contributed by atoms with Crippen LogP contribution in [0.5, 0.6) is 0 Å². The van der Waals surface area contributed by atoms with E-state index >= 15 is 0 Å². The number of likely N-dealkylation sites (N-methyl/N-ethyl adjacent to an activating group) is 1. The van der Waals surface area contributed by atoms with Gasteiger partial charge in [-0.05, 0) is 5.16 Å². The van der Waals surface area contributed by atoms with Crippen LogP contribution in [0.3, 0.4) is 0 Å². The van der Waals surface area contributed by atoms with Crippen molar-refractivity contribution in [2.75, 3.05) is 25.6 Å². The number of rotatable bonds is 3. The first-order valence-electron chi connectivity index (χ1n) is 3.47. The van der Waals surface area contributed by atoms with Gasteiger partial charge < -0.3 is 9.64 Å². The summed E-state index contributed by atoms with van der Waals surface area (Å²) in [6.45, 7) is -0.00102. The van der Waals surface area contributed by atoms with Crippen molar-refractivity contribution >= 4 is 11.9 Å². The third-order valence-corrected chi connectivity index (χ3v) is 1.38. The average molecular weight is 187 g/mol. The highest BCUT2D eigenvalue weighted by Gasteiger charge is 2.10. The molecule has 0 aliphatic carbocycles. The molecule has 1 rings (SSSR count). The number of nitrogens with one attached hydrogen (secondary N) is 1.